The Morgan fingerprint density at radius 3 is 2.79 bits per heavy atom. The zero-order valence-corrected chi connectivity index (χ0v) is 15.8. The molecule has 0 spiro atoms. The fourth-order valence-electron chi connectivity index (χ4n) is 5.36. The first-order chi connectivity index (χ1) is 11.2. The summed E-state index contributed by atoms with van der Waals surface area (Å²) in [6.07, 6.45) is 6.37. The maximum Gasteiger partial charge on any atom is 0.303 e. The Labute approximate surface area is 146 Å². The van der Waals surface area contributed by atoms with Gasteiger partial charge < -0.3 is 9.47 Å². The van der Waals surface area contributed by atoms with Crippen LogP contribution in [0.5, 0.6) is 0 Å². The molecule has 0 aromatic rings. The predicted molar refractivity (Wildman–Crippen MR) is 95.5 cm³/mol. The molecule has 3 rings (SSSR count). The monoisotopic (exact) mass is 332 g/mol. The molecule has 2 fully saturated rings. The van der Waals surface area contributed by atoms with Crippen LogP contribution in [0.25, 0.3) is 0 Å². The molecule has 3 nitrogen and oxygen atoms in total. The highest BCUT2D eigenvalue weighted by Crippen LogP contribution is 2.55. The zero-order valence-electron chi connectivity index (χ0n) is 15.8. The Hall–Kier alpha value is -1.09. The van der Waals surface area contributed by atoms with Crippen molar-refractivity contribution in [3.63, 3.8) is 0 Å². The van der Waals surface area contributed by atoms with Gasteiger partial charge in [0, 0.05) is 25.2 Å². The zero-order chi connectivity index (χ0) is 17.6. The summed E-state index contributed by atoms with van der Waals surface area (Å²) in [7, 11) is 0. The Kier molecular flexibility index (Phi) is 4.67. The van der Waals surface area contributed by atoms with Crippen LogP contribution in [0.4, 0.5) is 0 Å². The van der Waals surface area contributed by atoms with Gasteiger partial charge in [-0.25, -0.2) is 0 Å². The van der Waals surface area contributed by atoms with Crippen molar-refractivity contribution in [2.75, 3.05) is 0 Å². The second kappa shape index (κ2) is 6.33. The molecule has 0 N–H and O–H groups in total. The fourth-order valence-corrected chi connectivity index (χ4v) is 5.36. The summed E-state index contributed by atoms with van der Waals surface area (Å²) in [4.78, 5) is 11.8. The second-order valence-corrected chi connectivity index (χ2v) is 8.67. The van der Waals surface area contributed by atoms with Crippen molar-refractivity contribution in [3.05, 3.63) is 23.8 Å². The Bertz CT molecular complexity index is 561. The van der Waals surface area contributed by atoms with Crippen LogP contribution in [0.3, 0.4) is 0 Å². The van der Waals surface area contributed by atoms with Gasteiger partial charge in [-0.1, -0.05) is 37.6 Å². The molecule has 1 aliphatic carbocycles. The van der Waals surface area contributed by atoms with Crippen molar-refractivity contribution in [3.8, 4) is 0 Å². The van der Waals surface area contributed by atoms with E-state index in [0.29, 0.717) is 23.7 Å². The summed E-state index contributed by atoms with van der Waals surface area (Å²) >= 11 is 0. The molecule has 24 heavy (non-hydrogen) atoms. The molecule has 2 heterocycles. The summed E-state index contributed by atoms with van der Waals surface area (Å²) < 4.78 is 12.5. The lowest BCUT2D eigenvalue weighted by molar-refractivity contribution is -0.177. The Morgan fingerprint density at radius 2 is 2.17 bits per heavy atom. The van der Waals surface area contributed by atoms with Gasteiger partial charge in [0.25, 0.3) is 0 Å². The van der Waals surface area contributed by atoms with Crippen LogP contribution in [0.1, 0.15) is 60.3 Å². The van der Waals surface area contributed by atoms with E-state index in [2.05, 4.69) is 40.3 Å². The van der Waals surface area contributed by atoms with Gasteiger partial charge in [-0.15, -0.1) is 0 Å². The molecule has 134 valence electrons. The van der Waals surface area contributed by atoms with E-state index < -0.39 is 5.60 Å². The van der Waals surface area contributed by atoms with Gasteiger partial charge >= 0.3 is 5.97 Å². The largest absolute Gasteiger partial charge is 0.456 e. The van der Waals surface area contributed by atoms with Gasteiger partial charge in [0.1, 0.15) is 11.7 Å². The highest BCUT2D eigenvalue weighted by molar-refractivity contribution is 5.66. The minimum absolute atomic E-state index is 0.0369. The Balaban J connectivity index is 2.05. The summed E-state index contributed by atoms with van der Waals surface area (Å²) in [6.45, 7) is 14.7. The average molecular weight is 332 g/mol. The molecule has 2 bridgehead atoms. The van der Waals surface area contributed by atoms with E-state index in [1.54, 1.807) is 0 Å². The van der Waals surface area contributed by atoms with E-state index in [0.717, 1.165) is 19.3 Å². The predicted octanol–water partition coefficient (Wildman–Crippen LogP) is 4.67. The van der Waals surface area contributed by atoms with Crippen molar-refractivity contribution >= 4 is 5.97 Å². The molecule has 0 aromatic heterocycles. The van der Waals surface area contributed by atoms with Crippen molar-refractivity contribution in [2.24, 2.45) is 23.7 Å². The minimum Gasteiger partial charge on any atom is -0.456 e. The number of esters is 1. The summed E-state index contributed by atoms with van der Waals surface area (Å²) in [6, 6.07) is 0. The van der Waals surface area contributed by atoms with E-state index in [4.69, 9.17) is 9.47 Å². The lowest BCUT2D eigenvalue weighted by Crippen LogP contribution is -2.50. The molecular weight excluding hydrogens is 300 g/mol. The third kappa shape index (κ3) is 2.96. The summed E-state index contributed by atoms with van der Waals surface area (Å²) in [5.74, 6) is 1.78. The van der Waals surface area contributed by atoms with E-state index in [1.807, 2.05) is 0 Å². The number of carbonyl (C=O) groups is 1. The first-order valence-electron chi connectivity index (χ1n) is 9.41. The van der Waals surface area contributed by atoms with Crippen LogP contribution in [0.2, 0.25) is 0 Å². The van der Waals surface area contributed by atoms with Gasteiger partial charge in [-0.05, 0) is 44.9 Å². The number of fused-ring (bicyclic) bond motifs is 5. The SMILES string of the molecule is C=C1CC[C@H](C(C)C)[C@@H]2[C@H]1[C@H]1C/C(C)=C\C[C@@](C)(OC(C)=O)[C@@H]2O1. The second-order valence-electron chi connectivity index (χ2n) is 8.67. The van der Waals surface area contributed by atoms with Crippen LogP contribution < -0.4 is 0 Å². The van der Waals surface area contributed by atoms with Gasteiger partial charge in [0.05, 0.1) is 6.10 Å². The molecule has 2 aliphatic heterocycles. The van der Waals surface area contributed by atoms with E-state index in [1.165, 1.54) is 24.5 Å². The smallest absolute Gasteiger partial charge is 0.303 e. The van der Waals surface area contributed by atoms with Crippen LogP contribution in [0, 0.1) is 23.7 Å². The number of rotatable bonds is 2. The fraction of sp³-hybridized carbons (Fsp3) is 0.762. The maximum absolute atomic E-state index is 11.8. The quantitative estimate of drug-likeness (QED) is 0.544. The van der Waals surface area contributed by atoms with Crippen LogP contribution in [-0.2, 0) is 14.3 Å². The minimum atomic E-state index is -0.587. The lowest BCUT2D eigenvalue weighted by Gasteiger charge is -2.44. The van der Waals surface area contributed by atoms with Crippen molar-refractivity contribution in [2.45, 2.75) is 78.1 Å². The molecule has 3 aliphatic rings. The topological polar surface area (TPSA) is 35.5 Å². The third-order valence-electron chi connectivity index (χ3n) is 6.46. The maximum atomic E-state index is 11.8. The molecule has 0 radical (unpaired) electrons. The van der Waals surface area contributed by atoms with E-state index in [9.17, 15) is 4.79 Å². The standard InChI is InChI=1S/C21H32O3/c1-12(2)16-8-7-14(4)18-17-11-13(3)9-10-21(6,24-15(5)22)20(23-17)19(16)18/h9,12,16-20H,4,7-8,10-11H2,1-3,5-6H3/b13-9-/t16-,17-,18-,19-,20-,21-/m1/s1. The van der Waals surface area contributed by atoms with Crippen molar-refractivity contribution in [1.82, 2.24) is 0 Å². The average Bonchev–Trinajstić information content (AvgIpc) is 2.85. The normalized spacial score (nSPS) is 44.3. The molecule has 3 heteroatoms. The van der Waals surface area contributed by atoms with Crippen LogP contribution in [-0.4, -0.2) is 23.8 Å². The summed E-state index contributed by atoms with van der Waals surface area (Å²) in [5.41, 5.74) is 2.08. The summed E-state index contributed by atoms with van der Waals surface area (Å²) in [5, 5.41) is 0. The number of hydrogen-bond donors (Lipinski definition) is 0. The van der Waals surface area contributed by atoms with Crippen LogP contribution in [0.15, 0.2) is 23.8 Å². The molecule has 1 saturated heterocycles. The molecule has 1 saturated carbocycles. The number of hydrogen-bond acceptors (Lipinski definition) is 3. The van der Waals surface area contributed by atoms with E-state index in [-0.39, 0.29) is 18.2 Å². The molecule has 0 aromatic carbocycles. The van der Waals surface area contributed by atoms with E-state index >= 15 is 0 Å². The van der Waals surface area contributed by atoms with Gasteiger partial charge in [0.15, 0.2) is 0 Å². The highest BCUT2D eigenvalue weighted by Gasteiger charge is 2.58. The first kappa shape index (κ1) is 17.7. The van der Waals surface area contributed by atoms with Crippen LogP contribution >= 0.6 is 0 Å². The van der Waals surface area contributed by atoms with Crippen molar-refractivity contribution in [1.29, 1.82) is 0 Å². The third-order valence-corrected chi connectivity index (χ3v) is 6.46. The lowest BCUT2D eigenvalue weighted by atomic mass is 9.62. The molecule has 0 unspecified atom stereocenters. The molecular formula is C21H32O3. The van der Waals surface area contributed by atoms with Crippen molar-refractivity contribution < 1.29 is 14.3 Å². The van der Waals surface area contributed by atoms with Gasteiger partial charge in [-0.2, -0.15) is 0 Å². The molecule has 0 amide bonds. The first-order valence-corrected chi connectivity index (χ1v) is 9.41. The number of carbonyl (C=O) groups excluding carboxylic acids is 1. The number of ether oxygens (including phenoxy) is 2. The molecule has 6 atom stereocenters. The van der Waals surface area contributed by atoms with Gasteiger partial charge in [-0.3, -0.25) is 4.79 Å². The Morgan fingerprint density at radius 1 is 1.46 bits per heavy atom. The highest BCUT2D eigenvalue weighted by atomic mass is 16.6. The van der Waals surface area contributed by atoms with Gasteiger partial charge in [0.2, 0.25) is 0 Å².